The molecule has 0 aliphatic heterocycles. The first-order valence-corrected chi connectivity index (χ1v) is 8.51. The van der Waals surface area contributed by atoms with Gasteiger partial charge in [-0.2, -0.15) is 0 Å². The minimum Gasteiger partial charge on any atom is -0.455 e. The molecule has 11 heteroatoms. The van der Waals surface area contributed by atoms with E-state index in [-0.39, 0.29) is 12.3 Å². The van der Waals surface area contributed by atoms with Crippen LogP contribution in [-0.4, -0.2) is 30.9 Å². The number of nitro groups is 1. The molecule has 128 valence electrons. The maximum absolute atomic E-state index is 12.0. The van der Waals surface area contributed by atoms with Gasteiger partial charge in [-0.1, -0.05) is 16.6 Å². The number of thiazole rings is 1. The van der Waals surface area contributed by atoms with Crippen molar-refractivity contribution < 1.29 is 14.5 Å². The second-order valence-corrected chi connectivity index (χ2v) is 7.16. The third-order valence-corrected chi connectivity index (χ3v) is 4.76. The number of benzene rings is 1. The predicted molar refractivity (Wildman–Crippen MR) is 91.7 cm³/mol. The van der Waals surface area contributed by atoms with Crippen molar-refractivity contribution in [1.29, 1.82) is 0 Å². The third-order valence-electron chi connectivity index (χ3n) is 3.17. The predicted octanol–water partition coefficient (Wildman–Crippen LogP) is 3.06. The molecule has 0 N–H and O–H groups in total. The Morgan fingerprint density at radius 3 is 2.72 bits per heavy atom. The van der Waals surface area contributed by atoms with Crippen LogP contribution in [0, 0.1) is 17.0 Å². The van der Waals surface area contributed by atoms with Crippen LogP contribution in [0.4, 0.5) is 5.69 Å². The number of rotatable bonds is 5. The molecule has 2 aromatic heterocycles. The zero-order valence-electron chi connectivity index (χ0n) is 12.7. The van der Waals surface area contributed by atoms with Crippen molar-refractivity contribution >= 4 is 38.9 Å². The molecule has 0 saturated carbocycles. The molecule has 0 aliphatic carbocycles. The molecule has 0 aliphatic rings. The number of esters is 1. The summed E-state index contributed by atoms with van der Waals surface area (Å²) in [5.74, 6) is -0.481. The number of aryl methyl sites for hydroxylation is 1. The van der Waals surface area contributed by atoms with E-state index >= 15 is 0 Å². The highest BCUT2D eigenvalue weighted by atomic mass is 79.9. The molecule has 9 nitrogen and oxygen atoms in total. The third kappa shape index (κ3) is 3.88. The lowest BCUT2D eigenvalue weighted by Gasteiger charge is -2.00. The van der Waals surface area contributed by atoms with Gasteiger partial charge < -0.3 is 4.74 Å². The summed E-state index contributed by atoms with van der Waals surface area (Å²) in [4.78, 5) is 26.8. The summed E-state index contributed by atoms with van der Waals surface area (Å²) < 4.78 is 7.27. The van der Waals surface area contributed by atoms with Crippen molar-refractivity contribution in [2.45, 2.75) is 13.5 Å². The van der Waals surface area contributed by atoms with E-state index in [1.165, 1.54) is 28.2 Å². The smallest absolute Gasteiger partial charge is 0.350 e. The Balaban J connectivity index is 1.66. The van der Waals surface area contributed by atoms with E-state index in [1.807, 2.05) is 0 Å². The number of hydrogen-bond donors (Lipinski definition) is 0. The number of halogens is 1. The first kappa shape index (κ1) is 17.2. The van der Waals surface area contributed by atoms with Gasteiger partial charge in [0.25, 0.3) is 5.69 Å². The van der Waals surface area contributed by atoms with Crippen LogP contribution < -0.4 is 0 Å². The van der Waals surface area contributed by atoms with E-state index < -0.39 is 10.9 Å². The van der Waals surface area contributed by atoms with Gasteiger partial charge in [-0.25, -0.2) is 14.5 Å². The maximum Gasteiger partial charge on any atom is 0.350 e. The Labute approximate surface area is 153 Å². The van der Waals surface area contributed by atoms with Crippen LogP contribution in [0.15, 0.2) is 34.4 Å². The molecule has 3 aromatic rings. The highest BCUT2D eigenvalue weighted by molar-refractivity contribution is 9.11. The number of carbonyl (C=O) groups is 1. The number of non-ortho nitro benzene ring substituents is 1. The average molecular weight is 424 g/mol. The van der Waals surface area contributed by atoms with E-state index in [0.717, 1.165) is 0 Å². The summed E-state index contributed by atoms with van der Waals surface area (Å²) in [6.45, 7) is 1.68. The lowest BCUT2D eigenvalue weighted by Crippen LogP contribution is -2.05. The molecule has 2 heterocycles. The fourth-order valence-corrected chi connectivity index (χ4v) is 3.41. The van der Waals surface area contributed by atoms with Crippen LogP contribution in [0.1, 0.15) is 21.1 Å². The second kappa shape index (κ2) is 7.07. The largest absolute Gasteiger partial charge is 0.455 e. The Bertz CT molecular complexity index is 937. The number of aromatic nitrogens is 4. The van der Waals surface area contributed by atoms with Gasteiger partial charge >= 0.3 is 5.97 Å². The van der Waals surface area contributed by atoms with Crippen LogP contribution >= 0.6 is 27.3 Å². The van der Waals surface area contributed by atoms with Gasteiger partial charge in [0.05, 0.1) is 22.5 Å². The minimum absolute atomic E-state index is 0.0101. The summed E-state index contributed by atoms with van der Waals surface area (Å²) in [6.07, 6.45) is 1.59. The molecule has 0 atom stereocenters. The SMILES string of the molecule is Cc1nc(Br)sc1C(=O)OCc1cn(-c2ccc([N+](=O)[O-])cc2)nn1. The highest BCUT2D eigenvalue weighted by Gasteiger charge is 2.16. The Morgan fingerprint density at radius 1 is 1.40 bits per heavy atom. The van der Waals surface area contributed by atoms with Gasteiger partial charge in [0, 0.05) is 12.1 Å². The van der Waals surface area contributed by atoms with Crippen LogP contribution in [0.2, 0.25) is 0 Å². The van der Waals surface area contributed by atoms with Crippen molar-refractivity contribution in [3.63, 3.8) is 0 Å². The fraction of sp³-hybridized carbons (Fsp3) is 0.143. The monoisotopic (exact) mass is 423 g/mol. The number of carbonyl (C=O) groups excluding carboxylic acids is 1. The number of ether oxygens (including phenoxy) is 1. The summed E-state index contributed by atoms with van der Waals surface area (Å²) in [7, 11) is 0. The van der Waals surface area contributed by atoms with Crippen molar-refractivity contribution in [3.05, 3.63) is 60.8 Å². The Kier molecular flexibility index (Phi) is 4.86. The van der Waals surface area contributed by atoms with Gasteiger partial charge in [0.15, 0.2) is 3.92 Å². The Morgan fingerprint density at radius 2 is 2.12 bits per heavy atom. The molecule has 3 rings (SSSR count). The number of nitro benzene ring substituents is 1. The normalized spacial score (nSPS) is 10.6. The van der Waals surface area contributed by atoms with E-state index in [1.54, 1.807) is 25.3 Å². The van der Waals surface area contributed by atoms with Crippen LogP contribution in [0.3, 0.4) is 0 Å². The van der Waals surface area contributed by atoms with Crippen LogP contribution in [0.5, 0.6) is 0 Å². The molecule has 0 fully saturated rings. The van der Waals surface area contributed by atoms with E-state index in [0.29, 0.717) is 25.9 Å². The average Bonchev–Trinajstić information content (AvgIpc) is 3.19. The summed E-state index contributed by atoms with van der Waals surface area (Å²) >= 11 is 4.42. The van der Waals surface area contributed by atoms with Gasteiger partial charge in [-0.15, -0.1) is 5.10 Å². The molecule has 0 unspecified atom stereocenters. The van der Waals surface area contributed by atoms with E-state index in [2.05, 4.69) is 31.2 Å². The summed E-state index contributed by atoms with van der Waals surface area (Å²) in [5, 5.41) is 18.5. The second-order valence-electron chi connectivity index (χ2n) is 4.89. The zero-order valence-corrected chi connectivity index (χ0v) is 15.2. The van der Waals surface area contributed by atoms with Gasteiger partial charge in [0.2, 0.25) is 0 Å². The molecule has 0 spiro atoms. The quantitative estimate of drug-likeness (QED) is 0.351. The topological polar surface area (TPSA) is 113 Å². The molecule has 0 bridgehead atoms. The zero-order chi connectivity index (χ0) is 18.0. The fourth-order valence-electron chi connectivity index (χ4n) is 1.98. The standard InChI is InChI=1S/C14H10BrN5O4S/c1-8-12(25-14(15)16-8)13(21)24-7-9-6-19(18-17-9)10-2-4-11(5-3-10)20(22)23/h2-6H,7H2,1H3. The summed E-state index contributed by atoms with van der Waals surface area (Å²) in [5.41, 5.74) is 1.64. The first-order valence-electron chi connectivity index (χ1n) is 6.90. The van der Waals surface area contributed by atoms with E-state index in [9.17, 15) is 14.9 Å². The summed E-state index contributed by atoms with van der Waals surface area (Å²) in [6, 6.07) is 5.86. The molecule has 0 radical (unpaired) electrons. The van der Waals surface area contributed by atoms with Crippen molar-refractivity contribution in [3.8, 4) is 5.69 Å². The first-order chi connectivity index (χ1) is 11.9. The molecule has 1 aromatic carbocycles. The lowest BCUT2D eigenvalue weighted by atomic mass is 10.3. The minimum atomic E-state index is -0.481. The van der Waals surface area contributed by atoms with Gasteiger partial charge in [-0.3, -0.25) is 10.1 Å². The maximum atomic E-state index is 12.0. The molecule has 0 saturated heterocycles. The molecule has 0 amide bonds. The van der Waals surface area contributed by atoms with Crippen molar-refractivity contribution in [2.75, 3.05) is 0 Å². The highest BCUT2D eigenvalue weighted by Crippen LogP contribution is 2.23. The van der Waals surface area contributed by atoms with Gasteiger partial charge in [-0.05, 0) is 35.0 Å². The molecular formula is C14H10BrN5O4S. The van der Waals surface area contributed by atoms with Crippen LogP contribution in [-0.2, 0) is 11.3 Å². The van der Waals surface area contributed by atoms with Crippen molar-refractivity contribution in [1.82, 2.24) is 20.0 Å². The van der Waals surface area contributed by atoms with Crippen molar-refractivity contribution in [2.24, 2.45) is 0 Å². The number of hydrogen-bond acceptors (Lipinski definition) is 8. The van der Waals surface area contributed by atoms with E-state index in [4.69, 9.17) is 4.74 Å². The Hall–Kier alpha value is -2.66. The van der Waals surface area contributed by atoms with Crippen LogP contribution in [0.25, 0.3) is 5.69 Å². The molecule has 25 heavy (non-hydrogen) atoms. The molecular weight excluding hydrogens is 414 g/mol. The number of nitrogens with zero attached hydrogens (tertiary/aromatic N) is 5. The van der Waals surface area contributed by atoms with Gasteiger partial charge in [0.1, 0.15) is 17.2 Å². The lowest BCUT2D eigenvalue weighted by molar-refractivity contribution is -0.384.